The van der Waals surface area contributed by atoms with Crippen molar-refractivity contribution in [3.8, 4) is 0 Å². The number of nitrogens with two attached hydrogens (primary N) is 1. The molecule has 0 heterocycles. The van der Waals surface area contributed by atoms with E-state index in [9.17, 15) is 9.18 Å². The quantitative estimate of drug-likeness (QED) is 0.909. The highest BCUT2D eigenvalue weighted by Gasteiger charge is 2.19. The topological polar surface area (TPSA) is 43.1 Å². The van der Waals surface area contributed by atoms with E-state index in [-0.39, 0.29) is 30.5 Å². The lowest BCUT2D eigenvalue weighted by molar-refractivity contribution is -0.119. The molecule has 0 spiro atoms. The third-order valence-corrected chi connectivity index (χ3v) is 3.80. The van der Waals surface area contributed by atoms with Crippen molar-refractivity contribution in [3.63, 3.8) is 0 Å². The Morgan fingerprint density at radius 3 is 2.50 bits per heavy atom. The van der Waals surface area contributed by atoms with Crippen molar-refractivity contribution < 1.29 is 9.18 Å². The molecule has 4 heteroatoms. The van der Waals surface area contributed by atoms with Gasteiger partial charge in [0, 0.05) is 13.0 Å². The van der Waals surface area contributed by atoms with Crippen molar-refractivity contribution in [2.24, 2.45) is 5.73 Å². The summed E-state index contributed by atoms with van der Waals surface area (Å²) < 4.78 is 13.5. The third kappa shape index (κ3) is 3.52. The van der Waals surface area contributed by atoms with E-state index in [1.807, 2.05) is 30.3 Å². The second-order valence-corrected chi connectivity index (χ2v) is 5.44. The molecule has 0 fully saturated rings. The first kappa shape index (κ1) is 14.9. The largest absolute Gasteiger partial charge is 0.329 e. The molecular weight excluding hydrogens is 321 g/mol. The fourth-order valence-electron chi connectivity index (χ4n) is 2.11. The molecule has 0 bridgehead atoms. The second-order valence-electron chi connectivity index (χ2n) is 4.59. The standard InChI is InChI=1S/C16H15BrFNO/c17-14-8-11(6-7-15(14)18)9-16(20)13(10-19)12-4-2-1-3-5-12/h1-8,13H,9-10,19H2. The fourth-order valence-corrected chi connectivity index (χ4v) is 2.54. The van der Waals surface area contributed by atoms with Crippen LogP contribution in [0.1, 0.15) is 17.0 Å². The zero-order chi connectivity index (χ0) is 14.5. The SMILES string of the molecule is NCC(C(=O)Cc1ccc(F)c(Br)c1)c1ccccc1. The molecule has 1 unspecified atom stereocenters. The normalized spacial score (nSPS) is 12.2. The van der Waals surface area contributed by atoms with Crippen LogP contribution >= 0.6 is 15.9 Å². The molecule has 0 saturated heterocycles. The van der Waals surface area contributed by atoms with Crippen LogP contribution in [0.2, 0.25) is 0 Å². The van der Waals surface area contributed by atoms with Crippen LogP contribution in [0.3, 0.4) is 0 Å². The van der Waals surface area contributed by atoms with Gasteiger partial charge in [-0.2, -0.15) is 0 Å². The Morgan fingerprint density at radius 1 is 1.20 bits per heavy atom. The molecule has 104 valence electrons. The van der Waals surface area contributed by atoms with Crippen LogP contribution < -0.4 is 5.73 Å². The lowest BCUT2D eigenvalue weighted by Gasteiger charge is -2.14. The van der Waals surface area contributed by atoms with E-state index >= 15 is 0 Å². The summed E-state index contributed by atoms with van der Waals surface area (Å²) in [4.78, 5) is 12.4. The van der Waals surface area contributed by atoms with E-state index < -0.39 is 0 Å². The van der Waals surface area contributed by atoms with Gasteiger partial charge in [0.15, 0.2) is 0 Å². The highest BCUT2D eigenvalue weighted by molar-refractivity contribution is 9.10. The number of hydrogen-bond acceptors (Lipinski definition) is 2. The average Bonchev–Trinajstić information content (AvgIpc) is 2.45. The van der Waals surface area contributed by atoms with Gasteiger partial charge in [0.1, 0.15) is 11.6 Å². The third-order valence-electron chi connectivity index (χ3n) is 3.19. The first-order valence-electron chi connectivity index (χ1n) is 6.33. The lowest BCUT2D eigenvalue weighted by atomic mass is 9.91. The van der Waals surface area contributed by atoms with E-state index in [0.717, 1.165) is 11.1 Å². The Bertz CT molecular complexity index is 601. The highest BCUT2D eigenvalue weighted by Crippen LogP contribution is 2.21. The zero-order valence-corrected chi connectivity index (χ0v) is 12.4. The molecule has 0 saturated carbocycles. The minimum Gasteiger partial charge on any atom is -0.329 e. The van der Waals surface area contributed by atoms with Crippen LogP contribution in [-0.4, -0.2) is 12.3 Å². The number of hydrogen-bond donors (Lipinski definition) is 1. The Hall–Kier alpha value is -1.52. The van der Waals surface area contributed by atoms with Crippen molar-refractivity contribution in [3.05, 3.63) is 69.9 Å². The molecule has 2 rings (SSSR count). The van der Waals surface area contributed by atoms with Crippen LogP contribution in [0.15, 0.2) is 53.0 Å². The van der Waals surface area contributed by atoms with Gasteiger partial charge < -0.3 is 5.73 Å². The molecular formula is C16H15BrFNO. The number of rotatable bonds is 5. The van der Waals surface area contributed by atoms with E-state index in [1.54, 1.807) is 12.1 Å². The molecule has 0 aliphatic heterocycles. The van der Waals surface area contributed by atoms with Crippen LogP contribution in [-0.2, 0) is 11.2 Å². The van der Waals surface area contributed by atoms with Crippen molar-refractivity contribution in [2.45, 2.75) is 12.3 Å². The van der Waals surface area contributed by atoms with Gasteiger partial charge in [-0.1, -0.05) is 36.4 Å². The minimum absolute atomic E-state index is 0.0391. The van der Waals surface area contributed by atoms with Crippen molar-refractivity contribution in [1.82, 2.24) is 0 Å². The lowest BCUT2D eigenvalue weighted by Crippen LogP contribution is -2.23. The first-order chi connectivity index (χ1) is 9.61. The molecule has 2 nitrogen and oxygen atoms in total. The molecule has 0 aliphatic carbocycles. The number of Topliss-reactive ketones (excluding diaryl/α,β-unsaturated/α-hetero) is 1. The molecule has 0 radical (unpaired) electrons. The summed E-state index contributed by atoms with van der Waals surface area (Å²) in [6.45, 7) is 0.269. The van der Waals surface area contributed by atoms with Crippen molar-refractivity contribution in [2.75, 3.05) is 6.54 Å². The number of benzene rings is 2. The van der Waals surface area contributed by atoms with Crippen molar-refractivity contribution >= 4 is 21.7 Å². The Kier molecular flexibility index (Phi) is 5.04. The molecule has 2 aromatic rings. The number of carbonyl (C=O) groups excluding carboxylic acids is 1. The Balaban J connectivity index is 2.15. The second kappa shape index (κ2) is 6.77. The van der Waals surface area contributed by atoms with E-state index in [1.165, 1.54) is 6.07 Å². The molecule has 0 amide bonds. The number of carbonyl (C=O) groups is 1. The monoisotopic (exact) mass is 335 g/mol. The van der Waals surface area contributed by atoms with Crippen LogP contribution in [0.4, 0.5) is 4.39 Å². The smallest absolute Gasteiger partial charge is 0.145 e. The Labute approximate surface area is 125 Å². The summed E-state index contributed by atoms with van der Waals surface area (Å²) in [7, 11) is 0. The minimum atomic E-state index is -0.334. The molecule has 0 aromatic heterocycles. The van der Waals surface area contributed by atoms with Gasteiger partial charge in [-0.15, -0.1) is 0 Å². The fraction of sp³-hybridized carbons (Fsp3) is 0.188. The molecule has 2 N–H and O–H groups in total. The van der Waals surface area contributed by atoms with Gasteiger partial charge in [0.25, 0.3) is 0 Å². The average molecular weight is 336 g/mol. The predicted molar refractivity (Wildman–Crippen MR) is 81.0 cm³/mol. The van der Waals surface area contributed by atoms with Gasteiger partial charge in [-0.25, -0.2) is 4.39 Å². The first-order valence-corrected chi connectivity index (χ1v) is 7.12. The zero-order valence-electron chi connectivity index (χ0n) is 10.9. The van der Waals surface area contributed by atoms with Gasteiger partial charge in [0.05, 0.1) is 10.4 Å². The molecule has 20 heavy (non-hydrogen) atoms. The summed E-state index contributed by atoms with van der Waals surface area (Å²) in [6, 6.07) is 14.1. The summed E-state index contributed by atoms with van der Waals surface area (Å²) in [5.41, 5.74) is 7.42. The highest BCUT2D eigenvalue weighted by atomic mass is 79.9. The maximum atomic E-state index is 13.2. The molecule has 0 aliphatic rings. The van der Waals surface area contributed by atoms with Crippen LogP contribution in [0.25, 0.3) is 0 Å². The number of ketones is 1. The van der Waals surface area contributed by atoms with E-state index in [0.29, 0.717) is 4.47 Å². The van der Waals surface area contributed by atoms with Gasteiger partial charge in [-0.05, 0) is 39.2 Å². The summed E-state index contributed by atoms with van der Waals surface area (Å²) in [6.07, 6.45) is 0.246. The maximum Gasteiger partial charge on any atom is 0.145 e. The Morgan fingerprint density at radius 2 is 1.90 bits per heavy atom. The van der Waals surface area contributed by atoms with E-state index in [4.69, 9.17) is 5.73 Å². The van der Waals surface area contributed by atoms with Crippen LogP contribution in [0, 0.1) is 5.82 Å². The molecule has 1 atom stereocenters. The summed E-state index contributed by atoms with van der Waals surface area (Å²) in [5.74, 6) is -0.614. The van der Waals surface area contributed by atoms with Gasteiger partial charge in [0.2, 0.25) is 0 Å². The summed E-state index contributed by atoms with van der Waals surface area (Å²) in [5, 5.41) is 0. The van der Waals surface area contributed by atoms with E-state index in [2.05, 4.69) is 15.9 Å². The predicted octanol–water partition coefficient (Wildman–Crippen LogP) is 3.44. The maximum absolute atomic E-state index is 13.2. The van der Waals surface area contributed by atoms with Crippen molar-refractivity contribution in [1.29, 1.82) is 0 Å². The van der Waals surface area contributed by atoms with Gasteiger partial charge >= 0.3 is 0 Å². The summed E-state index contributed by atoms with van der Waals surface area (Å²) >= 11 is 3.12. The van der Waals surface area contributed by atoms with Gasteiger partial charge in [-0.3, -0.25) is 4.79 Å². The molecule has 2 aromatic carbocycles. The van der Waals surface area contributed by atoms with Crippen LogP contribution in [0.5, 0.6) is 0 Å². The number of halogens is 2.